The third-order valence-corrected chi connectivity index (χ3v) is 5.01. The monoisotopic (exact) mass is 323 g/mol. The number of esters is 2. The van der Waals surface area contributed by atoms with Crippen molar-refractivity contribution in [2.24, 2.45) is 0 Å². The number of hydrogen-bond donors (Lipinski definition) is 1. The quantitative estimate of drug-likeness (QED) is 0.861. The number of aryl methyl sites for hydroxylation is 1. The third-order valence-electron chi connectivity index (χ3n) is 3.80. The first-order valence-corrected chi connectivity index (χ1v) is 8.17. The number of rotatable bonds is 3. The lowest BCUT2D eigenvalue weighted by Crippen LogP contribution is -2.24. The summed E-state index contributed by atoms with van der Waals surface area (Å²) in [6.45, 7) is 1.68. The molecule has 3 rings (SSSR count). The molecule has 0 radical (unpaired) electrons. The average Bonchev–Trinajstić information content (AvgIpc) is 3.01. The molecule has 0 aromatic carbocycles. The Balaban J connectivity index is 1.89. The second kappa shape index (κ2) is 6.08. The summed E-state index contributed by atoms with van der Waals surface area (Å²) in [5.41, 5.74) is 1.37. The molecule has 1 aromatic rings. The van der Waals surface area contributed by atoms with Crippen molar-refractivity contribution >= 4 is 34.2 Å². The van der Waals surface area contributed by atoms with Gasteiger partial charge in [0.15, 0.2) is 0 Å². The lowest BCUT2D eigenvalue weighted by molar-refractivity contribution is -0.145. The van der Waals surface area contributed by atoms with Crippen molar-refractivity contribution in [2.45, 2.75) is 45.1 Å². The van der Waals surface area contributed by atoms with E-state index in [0.29, 0.717) is 17.0 Å². The summed E-state index contributed by atoms with van der Waals surface area (Å²) in [5.74, 6) is -1.28. The van der Waals surface area contributed by atoms with Crippen molar-refractivity contribution < 1.29 is 23.9 Å². The highest BCUT2D eigenvalue weighted by molar-refractivity contribution is 7.17. The van der Waals surface area contributed by atoms with Crippen LogP contribution in [-0.4, -0.2) is 30.6 Å². The van der Waals surface area contributed by atoms with Crippen molar-refractivity contribution in [2.75, 3.05) is 11.9 Å². The van der Waals surface area contributed by atoms with E-state index in [0.717, 1.165) is 36.1 Å². The van der Waals surface area contributed by atoms with E-state index in [1.54, 1.807) is 0 Å². The molecule has 1 N–H and O–H groups in total. The van der Waals surface area contributed by atoms with Gasteiger partial charge in [-0.15, -0.1) is 11.3 Å². The summed E-state index contributed by atoms with van der Waals surface area (Å²) in [4.78, 5) is 36.5. The molecular formula is C15H17NO5S. The molecule has 1 aliphatic heterocycles. The van der Waals surface area contributed by atoms with Crippen molar-refractivity contribution in [1.82, 2.24) is 0 Å². The van der Waals surface area contributed by atoms with Gasteiger partial charge in [0.1, 0.15) is 5.00 Å². The molecule has 0 unspecified atom stereocenters. The highest BCUT2D eigenvalue weighted by atomic mass is 32.1. The van der Waals surface area contributed by atoms with Crippen LogP contribution in [0, 0.1) is 0 Å². The maximum Gasteiger partial charge on any atom is 0.347 e. The molecule has 0 saturated carbocycles. The number of cyclic esters (lactones) is 1. The van der Waals surface area contributed by atoms with Gasteiger partial charge >= 0.3 is 11.9 Å². The van der Waals surface area contributed by atoms with Gasteiger partial charge in [-0.1, -0.05) is 0 Å². The summed E-state index contributed by atoms with van der Waals surface area (Å²) in [6.07, 6.45) is 3.34. The fourth-order valence-corrected chi connectivity index (χ4v) is 4.13. The zero-order chi connectivity index (χ0) is 15.7. The van der Waals surface area contributed by atoms with E-state index in [2.05, 4.69) is 5.32 Å². The second-order valence-corrected chi connectivity index (χ2v) is 6.55. The van der Waals surface area contributed by atoms with Gasteiger partial charge in [-0.25, -0.2) is 9.59 Å². The molecule has 1 aliphatic carbocycles. The Labute approximate surface area is 131 Å². The summed E-state index contributed by atoms with van der Waals surface area (Å²) < 4.78 is 10.1. The number of hydrogen-bond acceptors (Lipinski definition) is 6. The Bertz CT molecular complexity index is 636. The van der Waals surface area contributed by atoms with Crippen LogP contribution in [0.4, 0.5) is 5.00 Å². The standard InChI is InChI=1S/C15H17NO5S/c1-8(17)16-13-12(9-4-2-3-5-11(9)22-13)15(19)21-10-6-7-20-14(10)18/h10H,2-7H2,1H3,(H,16,17)/t10-/m1/s1. The van der Waals surface area contributed by atoms with Gasteiger partial charge in [0.05, 0.1) is 12.2 Å². The average molecular weight is 323 g/mol. The zero-order valence-electron chi connectivity index (χ0n) is 12.3. The molecule has 1 saturated heterocycles. The molecule has 6 nitrogen and oxygen atoms in total. The van der Waals surface area contributed by atoms with E-state index in [1.807, 2.05) is 0 Å². The Hall–Kier alpha value is -1.89. The van der Waals surface area contributed by atoms with Crippen LogP contribution < -0.4 is 5.32 Å². The Morgan fingerprint density at radius 2 is 2.09 bits per heavy atom. The van der Waals surface area contributed by atoms with Crippen LogP contribution in [0.25, 0.3) is 0 Å². The largest absolute Gasteiger partial charge is 0.463 e. The summed E-state index contributed by atoms with van der Waals surface area (Å²) >= 11 is 1.43. The normalized spacial score (nSPS) is 20.2. The number of carbonyl (C=O) groups excluding carboxylic acids is 3. The summed E-state index contributed by atoms with van der Waals surface area (Å²) in [5, 5.41) is 3.23. The van der Waals surface area contributed by atoms with Crippen LogP contribution in [-0.2, 0) is 31.9 Å². The number of fused-ring (bicyclic) bond motifs is 1. The predicted molar refractivity (Wildman–Crippen MR) is 80.0 cm³/mol. The van der Waals surface area contributed by atoms with Crippen LogP contribution in [0.15, 0.2) is 0 Å². The van der Waals surface area contributed by atoms with Gasteiger partial charge < -0.3 is 14.8 Å². The van der Waals surface area contributed by atoms with Gasteiger partial charge in [0.2, 0.25) is 12.0 Å². The van der Waals surface area contributed by atoms with Gasteiger partial charge in [-0.05, 0) is 31.2 Å². The van der Waals surface area contributed by atoms with Crippen LogP contribution in [0.1, 0.15) is 47.0 Å². The van der Waals surface area contributed by atoms with E-state index in [9.17, 15) is 14.4 Å². The number of anilines is 1. The SMILES string of the molecule is CC(=O)Nc1sc2c(c1C(=O)O[C@@H]1CCOC1=O)CCCC2. The van der Waals surface area contributed by atoms with Gasteiger partial charge in [0, 0.05) is 18.2 Å². The Kier molecular flexibility index (Phi) is 4.15. The molecule has 1 amide bonds. The van der Waals surface area contributed by atoms with E-state index >= 15 is 0 Å². The van der Waals surface area contributed by atoms with E-state index in [4.69, 9.17) is 9.47 Å². The fraction of sp³-hybridized carbons (Fsp3) is 0.533. The summed E-state index contributed by atoms with van der Waals surface area (Å²) in [6, 6.07) is 0. The fourth-order valence-electron chi connectivity index (χ4n) is 2.80. The molecule has 7 heteroatoms. The third kappa shape index (κ3) is 2.85. The second-order valence-electron chi connectivity index (χ2n) is 5.45. The number of carbonyl (C=O) groups is 3. The van der Waals surface area contributed by atoms with E-state index in [1.165, 1.54) is 18.3 Å². The molecule has 0 spiro atoms. The maximum absolute atomic E-state index is 12.5. The highest BCUT2D eigenvalue weighted by Crippen LogP contribution is 2.38. The molecule has 22 heavy (non-hydrogen) atoms. The number of amides is 1. The van der Waals surface area contributed by atoms with Crippen LogP contribution in [0.2, 0.25) is 0 Å². The van der Waals surface area contributed by atoms with Crippen LogP contribution >= 0.6 is 11.3 Å². The highest BCUT2D eigenvalue weighted by Gasteiger charge is 2.34. The van der Waals surface area contributed by atoms with Crippen molar-refractivity contribution in [3.05, 3.63) is 16.0 Å². The van der Waals surface area contributed by atoms with E-state index < -0.39 is 18.0 Å². The first-order valence-electron chi connectivity index (χ1n) is 7.36. The minimum Gasteiger partial charge on any atom is -0.463 e. The lowest BCUT2D eigenvalue weighted by atomic mass is 9.95. The summed E-state index contributed by atoms with van der Waals surface area (Å²) in [7, 11) is 0. The zero-order valence-corrected chi connectivity index (χ0v) is 13.1. The Morgan fingerprint density at radius 1 is 1.32 bits per heavy atom. The maximum atomic E-state index is 12.5. The molecule has 1 aromatic heterocycles. The van der Waals surface area contributed by atoms with Gasteiger partial charge in [-0.3, -0.25) is 4.79 Å². The van der Waals surface area contributed by atoms with Gasteiger partial charge in [-0.2, -0.15) is 0 Å². The Morgan fingerprint density at radius 3 is 2.77 bits per heavy atom. The van der Waals surface area contributed by atoms with Gasteiger partial charge in [0.25, 0.3) is 0 Å². The lowest BCUT2D eigenvalue weighted by Gasteiger charge is -2.14. The molecule has 2 heterocycles. The van der Waals surface area contributed by atoms with Crippen molar-refractivity contribution in [3.8, 4) is 0 Å². The minimum atomic E-state index is -0.836. The first-order chi connectivity index (χ1) is 10.6. The van der Waals surface area contributed by atoms with Crippen molar-refractivity contribution in [3.63, 3.8) is 0 Å². The van der Waals surface area contributed by atoms with Crippen molar-refractivity contribution in [1.29, 1.82) is 0 Å². The van der Waals surface area contributed by atoms with Crippen LogP contribution in [0.3, 0.4) is 0 Å². The molecule has 1 fully saturated rings. The minimum absolute atomic E-state index is 0.229. The predicted octanol–water partition coefficient (Wildman–Crippen LogP) is 2.06. The molecule has 118 valence electrons. The van der Waals surface area contributed by atoms with E-state index in [-0.39, 0.29) is 12.5 Å². The first kappa shape index (κ1) is 15.0. The smallest absolute Gasteiger partial charge is 0.347 e. The van der Waals surface area contributed by atoms with Crippen LogP contribution in [0.5, 0.6) is 0 Å². The number of nitrogens with one attached hydrogen (secondary N) is 1. The molecule has 1 atom stereocenters. The molecule has 0 bridgehead atoms. The topological polar surface area (TPSA) is 81.7 Å². The number of thiophene rings is 1. The number of ether oxygens (including phenoxy) is 2. The molecule has 2 aliphatic rings. The molecular weight excluding hydrogens is 306 g/mol.